The van der Waals surface area contributed by atoms with Gasteiger partial charge in [-0.05, 0) is 24.6 Å². The van der Waals surface area contributed by atoms with Crippen LogP contribution in [0.25, 0.3) is 0 Å². The fourth-order valence-corrected chi connectivity index (χ4v) is 1.62. The van der Waals surface area contributed by atoms with E-state index in [4.69, 9.17) is 0 Å². The van der Waals surface area contributed by atoms with E-state index in [9.17, 15) is 9.18 Å². The summed E-state index contributed by atoms with van der Waals surface area (Å²) in [7, 11) is 0. The summed E-state index contributed by atoms with van der Waals surface area (Å²) >= 11 is 3.25. The van der Waals surface area contributed by atoms with Gasteiger partial charge in [0.25, 0.3) is 5.91 Å². The van der Waals surface area contributed by atoms with E-state index in [0.717, 1.165) is 5.56 Å². The van der Waals surface area contributed by atoms with Gasteiger partial charge >= 0.3 is 0 Å². The minimum Gasteiger partial charge on any atom is -0.363 e. The summed E-state index contributed by atoms with van der Waals surface area (Å²) in [6, 6.07) is 4.20. The van der Waals surface area contributed by atoms with E-state index in [1.54, 1.807) is 6.92 Å². The SMILES string of the molecule is Cc1cc(F)c(C(=O)Nc2ccon2)cc1Br. The van der Waals surface area contributed by atoms with Crippen molar-refractivity contribution < 1.29 is 13.7 Å². The molecule has 1 N–H and O–H groups in total. The molecule has 1 heterocycles. The molecule has 0 spiro atoms. The van der Waals surface area contributed by atoms with Crippen LogP contribution in [0.3, 0.4) is 0 Å². The summed E-state index contributed by atoms with van der Waals surface area (Å²) in [5.74, 6) is -0.908. The van der Waals surface area contributed by atoms with Gasteiger partial charge in [-0.15, -0.1) is 0 Å². The number of halogens is 2. The number of hydrogen-bond acceptors (Lipinski definition) is 3. The number of aromatic nitrogens is 1. The monoisotopic (exact) mass is 298 g/mol. The topological polar surface area (TPSA) is 55.1 Å². The van der Waals surface area contributed by atoms with Gasteiger partial charge in [0.05, 0.1) is 5.56 Å². The van der Waals surface area contributed by atoms with Crippen molar-refractivity contribution in [3.63, 3.8) is 0 Å². The Morgan fingerprint density at radius 2 is 2.29 bits per heavy atom. The zero-order valence-corrected chi connectivity index (χ0v) is 10.4. The van der Waals surface area contributed by atoms with Gasteiger partial charge in [0.1, 0.15) is 12.1 Å². The molecule has 0 bridgehead atoms. The molecular formula is C11H8BrFN2O2. The number of hydrogen-bond donors (Lipinski definition) is 1. The maximum atomic E-state index is 13.6. The Kier molecular flexibility index (Phi) is 3.23. The summed E-state index contributed by atoms with van der Waals surface area (Å²) in [5, 5.41) is 5.93. The number of nitrogens with zero attached hydrogens (tertiary/aromatic N) is 1. The minimum atomic E-state index is -0.577. The molecule has 0 saturated heterocycles. The second-order valence-electron chi connectivity index (χ2n) is 3.42. The van der Waals surface area contributed by atoms with Crippen LogP contribution in [-0.2, 0) is 0 Å². The first kappa shape index (κ1) is 11.8. The zero-order valence-electron chi connectivity index (χ0n) is 8.83. The van der Waals surface area contributed by atoms with Crippen LogP contribution in [-0.4, -0.2) is 11.1 Å². The number of nitrogens with one attached hydrogen (secondary N) is 1. The molecule has 2 aromatic rings. The average Bonchev–Trinajstić information content (AvgIpc) is 2.76. The Morgan fingerprint density at radius 3 is 2.94 bits per heavy atom. The number of carbonyl (C=O) groups is 1. The first-order valence-corrected chi connectivity index (χ1v) is 5.54. The maximum absolute atomic E-state index is 13.6. The molecule has 0 saturated carbocycles. The van der Waals surface area contributed by atoms with Crippen LogP contribution in [0.2, 0.25) is 0 Å². The number of aryl methyl sites for hydroxylation is 1. The van der Waals surface area contributed by atoms with Crippen LogP contribution in [0, 0.1) is 12.7 Å². The molecule has 0 aliphatic rings. The van der Waals surface area contributed by atoms with E-state index in [2.05, 4.69) is 30.9 Å². The predicted molar refractivity (Wildman–Crippen MR) is 63.3 cm³/mol. The third-order valence-corrected chi connectivity index (χ3v) is 3.03. The van der Waals surface area contributed by atoms with Gasteiger partial charge in [-0.1, -0.05) is 21.1 Å². The normalized spacial score (nSPS) is 10.3. The first-order chi connectivity index (χ1) is 8.08. The fourth-order valence-electron chi connectivity index (χ4n) is 1.28. The molecule has 4 nitrogen and oxygen atoms in total. The van der Waals surface area contributed by atoms with Gasteiger partial charge in [-0.3, -0.25) is 4.79 Å². The van der Waals surface area contributed by atoms with Crippen LogP contribution in [0.4, 0.5) is 10.2 Å². The van der Waals surface area contributed by atoms with Crippen LogP contribution < -0.4 is 5.32 Å². The minimum absolute atomic E-state index is 0.0505. The fraction of sp³-hybridized carbons (Fsp3) is 0.0909. The van der Waals surface area contributed by atoms with Crippen molar-refractivity contribution >= 4 is 27.7 Å². The molecule has 1 amide bonds. The highest BCUT2D eigenvalue weighted by Crippen LogP contribution is 2.21. The van der Waals surface area contributed by atoms with E-state index in [0.29, 0.717) is 4.47 Å². The molecule has 17 heavy (non-hydrogen) atoms. The third kappa shape index (κ3) is 2.52. The van der Waals surface area contributed by atoms with Crippen LogP contribution in [0.5, 0.6) is 0 Å². The van der Waals surface area contributed by atoms with E-state index < -0.39 is 11.7 Å². The number of amides is 1. The molecular weight excluding hydrogens is 291 g/mol. The summed E-state index contributed by atoms with van der Waals surface area (Å²) in [4.78, 5) is 11.7. The van der Waals surface area contributed by atoms with Crippen molar-refractivity contribution in [2.24, 2.45) is 0 Å². The van der Waals surface area contributed by atoms with E-state index in [1.807, 2.05) is 0 Å². The predicted octanol–water partition coefficient (Wildman–Crippen LogP) is 3.14. The molecule has 0 fully saturated rings. The molecule has 1 aromatic heterocycles. The van der Waals surface area contributed by atoms with Gasteiger partial charge in [-0.25, -0.2) is 4.39 Å². The third-order valence-electron chi connectivity index (χ3n) is 2.17. The van der Waals surface area contributed by atoms with Crippen molar-refractivity contribution in [3.05, 3.63) is 45.9 Å². The molecule has 0 unspecified atom stereocenters. The largest absolute Gasteiger partial charge is 0.363 e. The van der Waals surface area contributed by atoms with Crippen molar-refractivity contribution in [1.29, 1.82) is 0 Å². The highest BCUT2D eigenvalue weighted by atomic mass is 79.9. The number of rotatable bonds is 2. The van der Waals surface area contributed by atoms with Gasteiger partial charge in [0.15, 0.2) is 5.82 Å². The Balaban J connectivity index is 2.28. The van der Waals surface area contributed by atoms with Gasteiger partial charge < -0.3 is 9.84 Å². The standard InChI is InChI=1S/C11H8BrFN2O2/c1-6-4-9(13)7(5-8(6)12)11(16)14-10-2-3-17-15-10/h2-5H,1H3,(H,14,15,16). The summed E-state index contributed by atoms with van der Waals surface area (Å²) in [6.07, 6.45) is 1.32. The maximum Gasteiger partial charge on any atom is 0.259 e. The second kappa shape index (κ2) is 4.67. The lowest BCUT2D eigenvalue weighted by atomic mass is 10.1. The summed E-state index contributed by atoms with van der Waals surface area (Å²) < 4.78 is 18.8. The van der Waals surface area contributed by atoms with Crippen LogP contribution >= 0.6 is 15.9 Å². The van der Waals surface area contributed by atoms with E-state index >= 15 is 0 Å². The van der Waals surface area contributed by atoms with E-state index in [-0.39, 0.29) is 11.4 Å². The Labute approximate surface area is 105 Å². The highest BCUT2D eigenvalue weighted by Gasteiger charge is 2.14. The number of carbonyl (C=O) groups excluding carboxylic acids is 1. The van der Waals surface area contributed by atoms with Crippen molar-refractivity contribution in [2.45, 2.75) is 6.92 Å². The molecule has 88 valence electrons. The molecule has 2 rings (SSSR count). The van der Waals surface area contributed by atoms with Gasteiger partial charge in [-0.2, -0.15) is 0 Å². The van der Waals surface area contributed by atoms with Crippen molar-refractivity contribution in [1.82, 2.24) is 5.16 Å². The lowest BCUT2D eigenvalue weighted by molar-refractivity contribution is 0.102. The smallest absolute Gasteiger partial charge is 0.259 e. The number of benzene rings is 1. The number of anilines is 1. The quantitative estimate of drug-likeness (QED) is 0.927. The highest BCUT2D eigenvalue weighted by molar-refractivity contribution is 9.10. The molecule has 6 heteroatoms. The Bertz CT molecular complexity index is 555. The molecule has 0 aliphatic carbocycles. The Hall–Kier alpha value is -1.69. The first-order valence-electron chi connectivity index (χ1n) is 4.75. The molecule has 0 radical (unpaired) electrons. The lowest BCUT2D eigenvalue weighted by Crippen LogP contribution is -2.14. The summed E-state index contributed by atoms with van der Waals surface area (Å²) in [5.41, 5.74) is 0.672. The zero-order chi connectivity index (χ0) is 12.4. The summed E-state index contributed by atoms with van der Waals surface area (Å²) in [6.45, 7) is 1.74. The average molecular weight is 299 g/mol. The Morgan fingerprint density at radius 1 is 1.53 bits per heavy atom. The van der Waals surface area contributed by atoms with Crippen molar-refractivity contribution in [3.8, 4) is 0 Å². The van der Waals surface area contributed by atoms with E-state index in [1.165, 1.54) is 24.5 Å². The molecule has 0 atom stereocenters. The van der Waals surface area contributed by atoms with Gasteiger partial charge in [0.2, 0.25) is 0 Å². The van der Waals surface area contributed by atoms with Gasteiger partial charge in [0, 0.05) is 10.5 Å². The second-order valence-corrected chi connectivity index (χ2v) is 4.27. The lowest BCUT2D eigenvalue weighted by Gasteiger charge is -2.05. The van der Waals surface area contributed by atoms with Crippen molar-refractivity contribution in [2.75, 3.05) is 5.32 Å². The molecule has 1 aromatic carbocycles. The molecule has 0 aliphatic heterocycles. The van der Waals surface area contributed by atoms with Crippen LogP contribution in [0.1, 0.15) is 15.9 Å². The van der Waals surface area contributed by atoms with Crippen LogP contribution in [0.15, 0.2) is 33.5 Å².